The summed E-state index contributed by atoms with van der Waals surface area (Å²) in [6, 6.07) is 0. The number of rotatable bonds is 7. The van der Waals surface area contributed by atoms with Crippen molar-refractivity contribution in [1.29, 1.82) is 0 Å². The van der Waals surface area contributed by atoms with Crippen molar-refractivity contribution < 1.29 is 38.1 Å². The van der Waals surface area contributed by atoms with Gasteiger partial charge in [0.05, 0.1) is 6.61 Å². The highest BCUT2D eigenvalue weighted by atomic mass is 79.9. The Morgan fingerprint density at radius 1 is 1.00 bits per heavy atom. The Hall–Kier alpha value is -1.19. The summed E-state index contributed by atoms with van der Waals surface area (Å²) in [5, 5.41) is 0.597. The van der Waals surface area contributed by atoms with Gasteiger partial charge in [-0.2, -0.15) is 0 Å². The fourth-order valence-electron chi connectivity index (χ4n) is 2.43. The molecular formula is C15H23BrO8. The Balaban J connectivity index is 3.01. The van der Waals surface area contributed by atoms with Crippen LogP contribution in [0, 0.1) is 5.92 Å². The molecule has 0 saturated carbocycles. The standard InChI is InChI=1S/C15H23BrO8/c1-8-13(22-10(3)18)14(23-11(4)19)12(7-21-9(2)17)24-15(8)20-6-5-16/h8,12-15H,5-7H2,1-4H3/t8-,12-,13-,14-,15-/m1/s1. The highest BCUT2D eigenvalue weighted by Gasteiger charge is 2.48. The maximum absolute atomic E-state index is 11.4. The van der Waals surface area contributed by atoms with E-state index in [2.05, 4.69) is 15.9 Å². The van der Waals surface area contributed by atoms with Crippen molar-refractivity contribution in [2.45, 2.75) is 52.3 Å². The summed E-state index contributed by atoms with van der Waals surface area (Å²) in [4.78, 5) is 34.0. The van der Waals surface area contributed by atoms with Crippen molar-refractivity contribution in [3.05, 3.63) is 0 Å². The molecule has 0 spiro atoms. The van der Waals surface area contributed by atoms with Crippen LogP contribution in [0.25, 0.3) is 0 Å². The number of esters is 3. The summed E-state index contributed by atoms with van der Waals surface area (Å²) < 4.78 is 27.0. The predicted octanol–water partition coefficient (Wildman–Crippen LogP) is 1.19. The quantitative estimate of drug-likeness (QED) is 0.350. The van der Waals surface area contributed by atoms with Crippen molar-refractivity contribution in [3.63, 3.8) is 0 Å². The molecule has 1 heterocycles. The third kappa shape index (κ3) is 6.37. The molecule has 0 radical (unpaired) electrons. The Morgan fingerprint density at radius 3 is 2.08 bits per heavy atom. The summed E-state index contributed by atoms with van der Waals surface area (Å²) in [6.45, 7) is 5.76. The lowest BCUT2D eigenvalue weighted by atomic mass is 9.92. The van der Waals surface area contributed by atoms with Gasteiger partial charge in [-0.1, -0.05) is 22.9 Å². The van der Waals surface area contributed by atoms with Crippen molar-refractivity contribution in [3.8, 4) is 0 Å². The molecular weight excluding hydrogens is 388 g/mol. The average molecular weight is 411 g/mol. The molecule has 0 N–H and O–H groups in total. The Kier molecular flexibility index (Phi) is 8.65. The minimum atomic E-state index is -0.899. The van der Waals surface area contributed by atoms with Crippen LogP contribution in [-0.2, 0) is 38.1 Å². The molecule has 1 saturated heterocycles. The average Bonchev–Trinajstić information content (AvgIpc) is 2.48. The predicted molar refractivity (Wildman–Crippen MR) is 85.3 cm³/mol. The van der Waals surface area contributed by atoms with Crippen LogP contribution in [0.2, 0.25) is 0 Å². The van der Waals surface area contributed by atoms with Crippen LogP contribution in [0.5, 0.6) is 0 Å². The molecule has 1 aliphatic rings. The third-order valence-corrected chi connectivity index (χ3v) is 3.68. The lowest BCUT2D eigenvalue weighted by molar-refractivity contribution is -0.287. The van der Waals surface area contributed by atoms with Gasteiger partial charge in [-0.05, 0) is 0 Å². The summed E-state index contributed by atoms with van der Waals surface area (Å²) in [6.07, 6.45) is -3.18. The van der Waals surface area contributed by atoms with Gasteiger partial charge < -0.3 is 23.7 Å². The van der Waals surface area contributed by atoms with Crippen LogP contribution in [0.15, 0.2) is 0 Å². The zero-order valence-corrected chi connectivity index (χ0v) is 15.7. The van der Waals surface area contributed by atoms with Crippen LogP contribution < -0.4 is 0 Å². The molecule has 1 rings (SSSR count). The highest BCUT2D eigenvalue weighted by molar-refractivity contribution is 9.09. The summed E-state index contributed by atoms with van der Waals surface area (Å²) in [5.41, 5.74) is 0. The fourth-order valence-corrected chi connectivity index (χ4v) is 2.61. The molecule has 0 amide bonds. The first-order valence-electron chi connectivity index (χ1n) is 7.57. The monoisotopic (exact) mass is 410 g/mol. The summed E-state index contributed by atoms with van der Waals surface area (Å²) >= 11 is 3.26. The Morgan fingerprint density at radius 2 is 1.58 bits per heavy atom. The Labute approximate surface area is 149 Å². The van der Waals surface area contributed by atoms with Gasteiger partial charge in [0.1, 0.15) is 18.8 Å². The molecule has 5 atom stereocenters. The smallest absolute Gasteiger partial charge is 0.303 e. The van der Waals surface area contributed by atoms with Gasteiger partial charge in [-0.3, -0.25) is 14.4 Å². The number of hydrogen-bond acceptors (Lipinski definition) is 8. The molecule has 0 aromatic rings. The highest BCUT2D eigenvalue weighted by Crippen LogP contribution is 2.31. The van der Waals surface area contributed by atoms with E-state index in [1.807, 2.05) is 0 Å². The van der Waals surface area contributed by atoms with Crippen LogP contribution >= 0.6 is 15.9 Å². The normalized spacial score (nSPS) is 29.6. The van der Waals surface area contributed by atoms with Gasteiger partial charge in [-0.15, -0.1) is 0 Å². The molecule has 0 aromatic heterocycles. The summed E-state index contributed by atoms with van der Waals surface area (Å²) in [7, 11) is 0. The van der Waals surface area contributed by atoms with Crippen molar-refractivity contribution in [2.24, 2.45) is 5.92 Å². The van der Waals surface area contributed by atoms with Crippen LogP contribution in [0.3, 0.4) is 0 Å². The number of alkyl halides is 1. The second-order valence-electron chi connectivity index (χ2n) is 5.41. The van der Waals surface area contributed by atoms with Crippen molar-refractivity contribution in [2.75, 3.05) is 18.5 Å². The first-order valence-corrected chi connectivity index (χ1v) is 8.69. The maximum atomic E-state index is 11.4. The SMILES string of the molecule is CC(=O)OC[C@H]1O[C@@H](OCCBr)[C@H](C)[C@@H](OC(C)=O)[C@@H]1OC(C)=O. The van der Waals surface area contributed by atoms with E-state index < -0.39 is 42.5 Å². The van der Waals surface area contributed by atoms with Gasteiger partial charge in [0.2, 0.25) is 0 Å². The van der Waals surface area contributed by atoms with E-state index in [9.17, 15) is 14.4 Å². The first kappa shape index (κ1) is 20.9. The number of carbonyl (C=O) groups is 3. The van der Waals surface area contributed by atoms with Gasteiger partial charge in [0, 0.05) is 32.0 Å². The largest absolute Gasteiger partial charge is 0.463 e. The third-order valence-electron chi connectivity index (χ3n) is 3.36. The number of ether oxygens (including phenoxy) is 5. The van der Waals surface area contributed by atoms with Crippen LogP contribution in [0.1, 0.15) is 27.7 Å². The second-order valence-corrected chi connectivity index (χ2v) is 6.21. The number of carbonyl (C=O) groups excluding carboxylic acids is 3. The maximum Gasteiger partial charge on any atom is 0.303 e. The molecule has 0 aliphatic carbocycles. The van der Waals surface area contributed by atoms with Gasteiger partial charge >= 0.3 is 17.9 Å². The van der Waals surface area contributed by atoms with E-state index in [0.717, 1.165) is 0 Å². The molecule has 0 bridgehead atoms. The second kappa shape index (κ2) is 9.95. The van der Waals surface area contributed by atoms with Gasteiger partial charge in [0.15, 0.2) is 12.4 Å². The van der Waals surface area contributed by atoms with Crippen LogP contribution in [0.4, 0.5) is 0 Å². The lowest BCUT2D eigenvalue weighted by Gasteiger charge is -2.43. The zero-order valence-electron chi connectivity index (χ0n) is 14.2. The summed E-state index contributed by atoms with van der Waals surface area (Å²) in [5.74, 6) is -1.95. The molecule has 138 valence electrons. The van der Waals surface area contributed by atoms with E-state index in [0.29, 0.717) is 11.9 Å². The molecule has 8 nitrogen and oxygen atoms in total. The molecule has 1 fully saturated rings. The zero-order chi connectivity index (χ0) is 18.3. The number of hydrogen-bond donors (Lipinski definition) is 0. The van der Waals surface area contributed by atoms with Crippen molar-refractivity contribution in [1.82, 2.24) is 0 Å². The van der Waals surface area contributed by atoms with E-state index in [1.165, 1.54) is 20.8 Å². The fraction of sp³-hybridized carbons (Fsp3) is 0.800. The van der Waals surface area contributed by atoms with E-state index >= 15 is 0 Å². The van der Waals surface area contributed by atoms with E-state index in [1.54, 1.807) is 6.92 Å². The molecule has 1 aliphatic heterocycles. The molecule has 24 heavy (non-hydrogen) atoms. The van der Waals surface area contributed by atoms with E-state index in [-0.39, 0.29) is 12.5 Å². The molecule has 0 aromatic carbocycles. The number of halogens is 1. The van der Waals surface area contributed by atoms with E-state index in [4.69, 9.17) is 23.7 Å². The van der Waals surface area contributed by atoms with Gasteiger partial charge in [0.25, 0.3) is 0 Å². The lowest BCUT2D eigenvalue weighted by Crippen LogP contribution is -2.58. The first-order chi connectivity index (χ1) is 11.3. The van der Waals surface area contributed by atoms with Crippen LogP contribution in [-0.4, -0.2) is 61.1 Å². The topological polar surface area (TPSA) is 97.4 Å². The Bertz CT molecular complexity index is 455. The minimum Gasteiger partial charge on any atom is -0.463 e. The van der Waals surface area contributed by atoms with Crippen molar-refractivity contribution >= 4 is 33.8 Å². The molecule has 9 heteroatoms. The molecule has 0 unspecified atom stereocenters. The minimum absolute atomic E-state index is 0.147. The van der Waals surface area contributed by atoms with Gasteiger partial charge in [-0.25, -0.2) is 0 Å².